The summed E-state index contributed by atoms with van der Waals surface area (Å²) in [5, 5.41) is 0. The molecule has 0 N–H and O–H groups in total. The zero-order valence-electron chi connectivity index (χ0n) is 9.99. The quantitative estimate of drug-likeness (QED) is 0.503. The minimum Gasteiger partial charge on any atom is -0.339 e. The average molecular weight is 207 g/mol. The Morgan fingerprint density at radius 2 is 1.87 bits per heavy atom. The average Bonchev–Trinajstić information content (AvgIpc) is 2.26. The maximum atomic E-state index is 12.0. The van der Waals surface area contributed by atoms with Gasteiger partial charge in [0.2, 0.25) is 0 Å². The van der Waals surface area contributed by atoms with E-state index in [-0.39, 0.29) is 5.91 Å². The van der Waals surface area contributed by atoms with Crippen LogP contribution in [-0.2, 0) is 4.79 Å². The minimum absolute atomic E-state index is 0.183. The minimum atomic E-state index is 0.183. The molecule has 0 saturated carbocycles. The first kappa shape index (κ1) is 12.0. The molecule has 1 amide bonds. The van der Waals surface area contributed by atoms with Gasteiger partial charge in [-0.15, -0.1) is 0 Å². The Balaban J connectivity index is 2.60. The normalized spacial score (nSPS) is 19.9. The second kappa shape index (κ2) is 5.74. The Labute approximate surface area is 92.7 Å². The molecule has 1 saturated heterocycles. The lowest BCUT2D eigenvalue weighted by Gasteiger charge is -2.30. The van der Waals surface area contributed by atoms with E-state index >= 15 is 0 Å². The van der Waals surface area contributed by atoms with Gasteiger partial charge in [0.1, 0.15) is 0 Å². The van der Waals surface area contributed by atoms with Crippen LogP contribution in [0.3, 0.4) is 0 Å². The molecule has 0 atom stereocenters. The van der Waals surface area contributed by atoms with Crippen molar-refractivity contribution in [2.24, 2.45) is 5.92 Å². The molecule has 0 aromatic heterocycles. The number of likely N-dealkylation sites (tertiary alicyclic amines) is 1. The van der Waals surface area contributed by atoms with E-state index in [1.54, 1.807) is 0 Å². The molecule has 1 aliphatic heterocycles. The van der Waals surface area contributed by atoms with Gasteiger partial charge < -0.3 is 4.90 Å². The Kier molecular flexibility index (Phi) is 4.60. The monoisotopic (exact) mass is 207 g/mol. The summed E-state index contributed by atoms with van der Waals surface area (Å²) in [6, 6.07) is 0. The first-order valence-corrected chi connectivity index (χ1v) is 5.77. The van der Waals surface area contributed by atoms with E-state index in [9.17, 15) is 4.79 Å². The number of carbonyl (C=O) groups is 1. The number of rotatable bonds is 2. The summed E-state index contributed by atoms with van der Waals surface area (Å²) in [4.78, 5) is 14.0. The van der Waals surface area contributed by atoms with Crippen LogP contribution in [0.25, 0.3) is 0 Å². The highest BCUT2D eigenvalue weighted by Crippen LogP contribution is 2.18. The lowest BCUT2D eigenvalue weighted by atomic mass is 9.98. The van der Waals surface area contributed by atoms with Gasteiger partial charge in [0.15, 0.2) is 0 Å². The molecule has 84 valence electrons. The van der Waals surface area contributed by atoms with E-state index in [0.717, 1.165) is 37.4 Å². The number of nitrogens with zero attached hydrogens (tertiary/aromatic N) is 1. The number of allylic oxidation sites excluding steroid dienone is 2. The van der Waals surface area contributed by atoms with Crippen LogP contribution in [0.4, 0.5) is 0 Å². The zero-order valence-corrected chi connectivity index (χ0v) is 9.99. The lowest BCUT2D eigenvalue weighted by Crippen LogP contribution is -2.38. The van der Waals surface area contributed by atoms with Crippen molar-refractivity contribution in [3.63, 3.8) is 0 Å². The molecule has 0 aliphatic carbocycles. The van der Waals surface area contributed by atoms with Crippen molar-refractivity contribution >= 4 is 5.91 Å². The van der Waals surface area contributed by atoms with Crippen LogP contribution in [0.2, 0.25) is 0 Å². The molecule has 1 fully saturated rings. The lowest BCUT2D eigenvalue weighted by molar-refractivity contribution is -0.128. The Morgan fingerprint density at radius 1 is 1.27 bits per heavy atom. The highest BCUT2D eigenvalue weighted by Gasteiger charge is 2.21. The fraction of sp³-hybridized carbons (Fsp3) is 0.615. The maximum absolute atomic E-state index is 12.0. The third kappa shape index (κ3) is 3.22. The highest BCUT2D eigenvalue weighted by atomic mass is 16.2. The smallest absolute Gasteiger partial charge is 0.253 e. The van der Waals surface area contributed by atoms with Crippen molar-refractivity contribution in [2.45, 2.75) is 33.6 Å². The van der Waals surface area contributed by atoms with Gasteiger partial charge >= 0.3 is 0 Å². The number of hydrogen-bond donors (Lipinski definition) is 0. The molecular formula is C13H21NO. The second-order valence-electron chi connectivity index (χ2n) is 4.22. The molecule has 1 aliphatic rings. The molecule has 0 unspecified atom stereocenters. The predicted octanol–water partition coefficient (Wildman–Crippen LogP) is 2.77. The number of amides is 1. The highest BCUT2D eigenvalue weighted by molar-refractivity contribution is 5.96. The molecule has 1 rings (SSSR count). The molecule has 2 nitrogen and oxygen atoms in total. The summed E-state index contributed by atoms with van der Waals surface area (Å²) in [6.07, 6.45) is 7.97. The standard InChI is InChI=1S/C13H21NO/c1-4-6-12(5-2)13(15)14-9-7-11(3)8-10-14/h4-6,11H,7-10H2,1-3H3/b6-4-,12-5+. The van der Waals surface area contributed by atoms with E-state index < -0.39 is 0 Å². The Hall–Kier alpha value is -1.05. The number of piperidine rings is 1. The van der Waals surface area contributed by atoms with Crippen molar-refractivity contribution in [1.29, 1.82) is 0 Å². The fourth-order valence-corrected chi connectivity index (χ4v) is 1.86. The predicted molar refractivity (Wildman–Crippen MR) is 63.5 cm³/mol. The zero-order chi connectivity index (χ0) is 11.3. The van der Waals surface area contributed by atoms with Crippen LogP contribution in [0.1, 0.15) is 33.6 Å². The summed E-state index contributed by atoms with van der Waals surface area (Å²) in [5.41, 5.74) is 0.812. The van der Waals surface area contributed by atoms with E-state index in [1.807, 2.05) is 37.0 Å². The summed E-state index contributed by atoms with van der Waals surface area (Å²) in [5.74, 6) is 0.951. The van der Waals surface area contributed by atoms with E-state index in [2.05, 4.69) is 6.92 Å². The molecule has 1 heterocycles. The van der Waals surface area contributed by atoms with Crippen LogP contribution in [0.5, 0.6) is 0 Å². The van der Waals surface area contributed by atoms with E-state index in [0.29, 0.717) is 0 Å². The van der Waals surface area contributed by atoms with Gasteiger partial charge in [-0.1, -0.05) is 25.2 Å². The molecule has 0 aromatic rings. The second-order valence-corrected chi connectivity index (χ2v) is 4.22. The van der Waals surface area contributed by atoms with Crippen molar-refractivity contribution in [3.05, 3.63) is 23.8 Å². The van der Waals surface area contributed by atoms with Gasteiger partial charge in [-0.3, -0.25) is 4.79 Å². The molecule has 2 heteroatoms. The van der Waals surface area contributed by atoms with Crippen LogP contribution in [0, 0.1) is 5.92 Å². The van der Waals surface area contributed by atoms with Gasteiger partial charge in [-0.05, 0) is 32.6 Å². The van der Waals surface area contributed by atoms with Crippen molar-refractivity contribution in [3.8, 4) is 0 Å². The molecule has 0 radical (unpaired) electrons. The summed E-state index contributed by atoms with van der Waals surface area (Å²) >= 11 is 0. The summed E-state index contributed by atoms with van der Waals surface area (Å²) in [6.45, 7) is 7.93. The van der Waals surface area contributed by atoms with Crippen molar-refractivity contribution in [1.82, 2.24) is 4.90 Å². The maximum Gasteiger partial charge on any atom is 0.253 e. The number of hydrogen-bond acceptors (Lipinski definition) is 1. The number of carbonyl (C=O) groups excluding carboxylic acids is 1. The SMILES string of the molecule is C/C=C\C(=C/C)C(=O)N1CCC(C)CC1. The van der Waals surface area contributed by atoms with Gasteiger partial charge in [0.25, 0.3) is 5.91 Å². The largest absolute Gasteiger partial charge is 0.339 e. The van der Waals surface area contributed by atoms with E-state index in [1.165, 1.54) is 0 Å². The van der Waals surface area contributed by atoms with Gasteiger partial charge in [0, 0.05) is 18.7 Å². The molecule has 15 heavy (non-hydrogen) atoms. The fourth-order valence-electron chi connectivity index (χ4n) is 1.86. The molecule has 0 spiro atoms. The first-order chi connectivity index (χ1) is 7.19. The van der Waals surface area contributed by atoms with Gasteiger partial charge in [-0.25, -0.2) is 0 Å². The summed E-state index contributed by atoms with van der Waals surface area (Å²) < 4.78 is 0. The van der Waals surface area contributed by atoms with Crippen LogP contribution in [0.15, 0.2) is 23.8 Å². The van der Waals surface area contributed by atoms with Gasteiger partial charge in [0.05, 0.1) is 0 Å². The molecule has 0 aromatic carbocycles. The van der Waals surface area contributed by atoms with Crippen LogP contribution >= 0.6 is 0 Å². The van der Waals surface area contributed by atoms with E-state index in [4.69, 9.17) is 0 Å². The Bertz CT molecular complexity index is 270. The van der Waals surface area contributed by atoms with Crippen molar-refractivity contribution < 1.29 is 4.79 Å². The van der Waals surface area contributed by atoms with Crippen LogP contribution < -0.4 is 0 Å². The topological polar surface area (TPSA) is 20.3 Å². The van der Waals surface area contributed by atoms with Crippen molar-refractivity contribution in [2.75, 3.05) is 13.1 Å². The third-order valence-electron chi connectivity index (χ3n) is 2.98. The molecular weight excluding hydrogens is 186 g/mol. The first-order valence-electron chi connectivity index (χ1n) is 5.77. The Morgan fingerprint density at radius 3 is 2.33 bits per heavy atom. The summed E-state index contributed by atoms with van der Waals surface area (Å²) in [7, 11) is 0. The van der Waals surface area contributed by atoms with Gasteiger partial charge in [-0.2, -0.15) is 0 Å². The van der Waals surface area contributed by atoms with Crippen LogP contribution in [-0.4, -0.2) is 23.9 Å². The third-order valence-corrected chi connectivity index (χ3v) is 2.98. The molecule has 0 bridgehead atoms.